The van der Waals surface area contributed by atoms with E-state index in [1.165, 1.54) is 17.8 Å². The standard InChI is InChI=1S/C9H8BrFO2S/c10-9-6(2-1-3-7(9)11)4-14-5-8(12)13/h1-3H,4-5H2,(H,12,13). The van der Waals surface area contributed by atoms with Gasteiger partial charge in [0.25, 0.3) is 0 Å². The third-order valence-electron chi connectivity index (χ3n) is 1.51. The van der Waals surface area contributed by atoms with E-state index in [-0.39, 0.29) is 11.6 Å². The number of hydrogen-bond acceptors (Lipinski definition) is 2. The minimum absolute atomic E-state index is 0.0307. The van der Waals surface area contributed by atoms with Crippen LogP contribution in [-0.2, 0) is 10.5 Å². The third-order valence-corrected chi connectivity index (χ3v) is 3.37. The summed E-state index contributed by atoms with van der Waals surface area (Å²) in [5, 5.41) is 8.41. The first-order chi connectivity index (χ1) is 6.61. The van der Waals surface area contributed by atoms with Gasteiger partial charge in [0.1, 0.15) is 5.82 Å². The lowest BCUT2D eigenvalue weighted by Crippen LogP contribution is -1.98. The molecule has 1 N–H and O–H groups in total. The van der Waals surface area contributed by atoms with Crippen LogP contribution in [-0.4, -0.2) is 16.8 Å². The molecule has 0 amide bonds. The van der Waals surface area contributed by atoms with Gasteiger partial charge in [-0.15, -0.1) is 11.8 Å². The molecule has 0 aromatic heterocycles. The fraction of sp³-hybridized carbons (Fsp3) is 0.222. The monoisotopic (exact) mass is 278 g/mol. The largest absolute Gasteiger partial charge is 0.481 e. The van der Waals surface area contributed by atoms with Gasteiger partial charge in [-0.2, -0.15) is 0 Å². The second kappa shape index (κ2) is 5.36. The fourth-order valence-corrected chi connectivity index (χ4v) is 2.24. The predicted molar refractivity (Wildman–Crippen MR) is 57.9 cm³/mol. The summed E-state index contributed by atoms with van der Waals surface area (Å²) < 4.78 is 13.4. The number of halogens is 2. The summed E-state index contributed by atoms with van der Waals surface area (Å²) in [7, 11) is 0. The molecular formula is C9H8BrFO2S. The van der Waals surface area contributed by atoms with E-state index in [4.69, 9.17) is 5.11 Å². The SMILES string of the molecule is O=C(O)CSCc1cccc(F)c1Br. The van der Waals surface area contributed by atoms with Crippen LogP contribution >= 0.6 is 27.7 Å². The Morgan fingerprint density at radius 3 is 2.93 bits per heavy atom. The number of hydrogen-bond donors (Lipinski definition) is 1. The van der Waals surface area contributed by atoms with Gasteiger partial charge in [-0.05, 0) is 27.6 Å². The maximum absolute atomic E-state index is 13.0. The van der Waals surface area contributed by atoms with Crippen LogP contribution in [0.5, 0.6) is 0 Å². The van der Waals surface area contributed by atoms with Crippen LogP contribution in [0.4, 0.5) is 4.39 Å². The lowest BCUT2D eigenvalue weighted by atomic mass is 10.2. The minimum atomic E-state index is -0.859. The highest BCUT2D eigenvalue weighted by molar-refractivity contribution is 9.10. The molecule has 0 atom stereocenters. The van der Waals surface area contributed by atoms with E-state index in [2.05, 4.69) is 15.9 Å². The van der Waals surface area contributed by atoms with Gasteiger partial charge < -0.3 is 5.11 Å². The van der Waals surface area contributed by atoms with E-state index in [9.17, 15) is 9.18 Å². The lowest BCUT2D eigenvalue weighted by molar-refractivity contribution is -0.133. The fourth-order valence-electron chi connectivity index (χ4n) is 0.908. The molecule has 2 nitrogen and oxygen atoms in total. The molecule has 14 heavy (non-hydrogen) atoms. The van der Waals surface area contributed by atoms with E-state index in [0.29, 0.717) is 10.2 Å². The smallest absolute Gasteiger partial charge is 0.313 e. The van der Waals surface area contributed by atoms with Crippen LogP contribution in [0.2, 0.25) is 0 Å². The molecule has 5 heteroatoms. The Balaban J connectivity index is 2.59. The van der Waals surface area contributed by atoms with Gasteiger partial charge in [-0.25, -0.2) is 4.39 Å². The zero-order valence-corrected chi connectivity index (χ0v) is 9.57. The number of carbonyl (C=O) groups is 1. The number of benzene rings is 1. The first-order valence-corrected chi connectivity index (χ1v) is 5.78. The summed E-state index contributed by atoms with van der Waals surface area (Å²) in [4.78, 5) is 10.2. The minimum Gasteiger partial charge on any atom is -0.481 e. The highest BCUT2D eigenvalue weighted by Gasteiger charge is 2.05. The van der Waals surface area contributed by atoms with E-state index in [0.717, 1.165) is 5.56 Å². The number of carboxylic acids is 1. The number of thioether (sulfide) groups is 1. The van der Waals surface area contributed by atoms with Gasteiger partial charge in [0.2, 0.25) is 0 Å². The van der Waals surface area contributed by atoms with Gasteiger partial charge in [0, 0.05) is 5.75 Å². The highest BCUT2D eigenvalue weighted by atomic mass is 79.9. The second-order valence-corrected chi connectivity index (χ2v) is 4.38. The Morgan fingerprint density at radius 2 is 2.29 bits per heavy atom. The molecule has 0 aliphatic heterocycles. The van der Waals surface area contributed by atoms with Crippen LogP contribution in [0.25, 0.3) is 0 Å². The molecule has 0 unspecified atom stereocenters. The van der Waals surface area contributed by atoms with Crippen molar-refractivity contribution in [1.82, 2.24) is 0 Å². The molecule has 0 aliphatic carbocycles. The van der Waals surface area contributed by atoms with E-state index in [1.54, 1.807) is 12.1 Å². The average molecular weight is 279 g/mol. The normalized spacial score (nSPS) is 10.1. The van der Waals surface area contributed by atoms with Crippen molar-refractivity contribution in [2.45, 2.75) is 5.75 Å². The summed E-state index contributed by atoms with van der Waals surface area (Å²) in [5.41, 5.74) is 0.774. The predicted octanol–water partition coefficient (Wildman–Crippen LogP) is 2.91. The Labute approximate surface area is 93.6 Å². The molecule has 0 heterocycles. The molecule has 0 fully saturated rings. The Bertz CT molecular complexity index is 344. The van der Waals surface area contributed by atoms with Crippen molar-refractivity contribution in [1.29, 1.82) is 0 Å². The quantitative estimate of drug-likeness (QED) is 0.920. The van der Waals surface area contributed by atoms with Crippen LogP contribution in [0, 0.1) is 5.82 Å². The van der Waals surface area contributed by atoms with Gasteiger partial charge in [0.15, 0.2) is 0 Å². The topological polar surface area (TPSA) is 37.3 Å². The van der Waals surface area contributed by atoms with E-state index in [1.807, 2.05) is 0 Å². The molecule has 1 aromatic carbocycles. The van der Waals surface area contributed by atoms with Gasteiger partial charge >= 0.3 is 5.97 Å². The van der Waals surface area contributed by atoms with Crippen LogP contribution in [0.1, 0.15) is 5.56 Å². The van der Waals surface area contributed by atoms with Crippen molar-refractivity contribution in [2.75, 3.05) is 5.75 Å². The summed E-state index contributed by atoms with van der Waals surface area (Å²) >= 11 is 4.35. The maximum atomic E-state index is 13.0. The van der Waals surface area contributed by atoms with Crippen LogP contribution in [0.15, 0.2) is 22.7 Å². The van der Waals surface area contributed by atoms with Gasteiger partial charge in [-0.1, -0.05) is 12.1 Å². The molecular weight excluding hydrogens is 271 g/mol. The summed E-state index contributed by atoms with van der Waals surface area (Å²) in [5.74, 6) is -0.658. The molecule has 0 aliphatic rings. The molecule has 1 aromatic rings. The summed E-state index contributed by atoms with van der Waals surface area (Å²) in [6, 6.07) is 4.73. The van der Waals surface area contributed by atoms with Gasteiger partial charge in [-0.3, -0.25) is 4.79 Å². The third kappa shape index (κ3) is 3.31. The zero-order valence-electron chi connectivity index (χ0n) is 7.17. The molecule has 0 bridgehead atoms. The highest BCUT2D eigenvalue weighted by Crippen LogP contribution is 2.24. The Morgan fingerprint density at radius 1 is 1.57 bits per heavy atom. The van der Waals surface area contributed by atoms with Crippen molar-refractivity contribution < 1.29 is 14.3 Å². The van der Waals surface area contributed by atoms with Crippen molar-refractivity contribution in [2.24, 2.45) is 0 Å². The van der Waals surface area contributed by atoms with Gasteiger partial charge in [0.05, 0.1) is 10.2 Å². The van der Waals surface area contributed by atoms with Crippen molar-refractivity contribution >= 4 is 33.7 Å². The summed E-state index contributed by atoms with van der Waals surface area (Å²) in [6.45, 7) is 0. The molecule has 0 saturated carbocycles. The number of rotatable bonds is 4. The van der Waals surface area contributed by atoms with Crippen LogP contribution < -0.4 is 0 Å². The Kier molecular flexibility index (Phi) is 4.41. The lowest BCUT2D eigenvalue weighted by Gasteiger charge is -2.03. The average Bonchev–Trinajstić information content (AvgIpc) is 2.12. The van der Waals surface area contributed by atoms with Crippen molar-refractivity contribution in [3.05, 3.63) is 34.1 Å². The first kappa shape index (κ1) is 11.5. The molecule has 0 spiro atoms. The maximum Gasteiger partial charge on any atom is 0.313 e. The molecule has 76 valence electrons. The van der Waals surface area contributed by atoms with Crippen LogP contribution in [0.3, 0.4) is 0 Å². The van der Waals surface area contributed by atoms with Crippen molar-refractivity contribution in [3.63, 3.8) is 0 Å². The summed E-state index contributed by atoms with van der Waals surface area (Å²) in [6.07, 6.45) is 0. The second-order valence-electron chi connectivity index (χ2n) is 2.60. The number of carboxylic acid groups (broad SMARTS) is 1. The Hall–Kier alpha value is -0.550. The zero-order chi connectivity index (χ0) is 10.6. The van der Waals surface area contributed by atoms with E-state index >= 15 is 0 Å². The molecule has 1 rings (SSSR count). The van der Waals surface area contributed by atoms with E-state index < -0.39 is 5.97 Å². The first-order valence-electron chi connectivity index (χ1n) is 3.83. The molecule has 0 saturated heterocycles. The number of aliphatic carboxylic acids is 1. The van der Waals surface area contributed by atoms with Crippen molar-refractivity contribution in [3.8, 4) is 0 Å². The molecule has 0 radical (unpaired) electrons.